The van der Waals surface area contributed by atoms with Crippen LogP contribution in [0.4, 0.5) is 0 Å². The second kappa shape index (κ2) is 4.75. The average molecular weight is 237 g/mol. The van der Waals surface area contributed by atoms with Crippen LogP contribution < -0.4 is 5.73 Å². The summed E-state index contributed by atoms with van der Waals surface area (Å²) in [5.41, 5.74) is 7.59. The normalized spacial score (nSPS) is 19.2. The number of nitrogens with two attached hydrogens (primary N) is 1. The summed E-state index contributed by atoms with van der Waals surface area (Å²) in [6, 6.07) is 2.23. The van der Waals surface area contributed by atoms with Crippen LogP contribution in [0.15, 0.2) is 6.07 Å². The van der Waals surface area contributed by atoms with Crippen molar-refractivity contribution in [2.24, 2.45) is 5.73 Å². The third kappa shape index (κ3) is 2.41. The quantitative estimate of drug-likeness (QED) is 0.593. The van der Waals surface area contributed by atoms with Crippen molar-refractivity contribution in [3.63, 3.8) is 0 Å². The number of nitrogens with zero attached hydrogens (tertiary/aromatic N) is 3. The third-order valence-corrected chi connectivity index (χ3v) is 2.98. The summed E-state index contributed by atoms with van der Waals surface area (Å²) in [5, 5.41) is 12.0. The van der Waals surface area contributed by atoms with Crippen molar-refractivity contribution >= 4 is 5.96 Å². The van der Waals surface area contributed by atoms with E-state index >= 15 is 0 Å². The predicted octanol–water partition coefficient (Wildman–Crippen LogP) is 0.517. The molecule has 2 rings (SSSR count). The summed E-state index contributed by atoms with van der Waals surface area (Å²) in [6.07, 6.45) is 0. The van der Waals surface area contributed by atoms with E-state index < -0.39 is 0 Å². The monoisotopic (exact) mass is 237 g/mol. The van der Waals surface area contributed by atoms with Crippen LogP contribution in [0.25, 0.3) is 0 Å². The van der Waals surface area contributed by atoms with E-state index in [9.17, 15) is 0 Å². The van der Waals surface area contributed by atoms with Crippen molar-refractivity contribution in [3.8, 4) is 0 Å². The lowest BCUT2D eigenvalue weighted by Gasteiger charge is -2.34. The first-order valence-electron chi connectivity index (χ1n) is 5.85. The number of rotatable bonds is 3. The summed E-state index contributed by atoms with van der Waals surface area (Å²) in [5.74, 6) is 0.122. The van der Waals surface area contributed by atoms with E-state index in [4.69, 9.17) is 15.9 Å². The van der Waals surface area contributed by atoms with Crippen molar-refractivity contribution in [1.29, 1.82) is 5.41 Å². The van der Waals surface area contributed by atoms with Gasteiger partial charge in [-0.1, -0.05) is 0 Å². The lowest BCUT2D eigenvalue weighted by molar-refractivity contribution is 0.130. The Kier molecular flexibility index (Phi) is 3.33. The molecule has 0 spiro atoms. The lowest BCUT2D eigenvalue weighted by atomic mass is 10.2. The lowest BCUT2D eigenvalue weighted by Crippen LogP contribution is -2.47. The minimum Gasteiger partial charge on any atom is -0.375 e. The van der Waals surface area contributed by atoms with Crippen molar-refractivity contribution in [2.45, 2.75) is 39.6 Å². The molecule has 0 saturated heterocycles. The molecular weight excluding hydrogens is 218 g/mol. The molecule has 6 heteroatoms. The van der Waals surface area contributed by atoms with Crippen molar-refractivity contribution < 1.29 is 4.74 Å². The molecule has 1 atom stereocenters. The van der Waals surface area contributed by atoms with Gasteiger partial charge in [-0.25, -0.2) is 0 Å². The van der Waals surface area contributed by atoms with Crippen LogP contribution in [0.3, 0.4) is 0 Å². The summed E-state index contributed by atoms with van der Waals surface area (Å²) in [7, 11) is 0. The number of fused-ring (bicyclic) bond motifs is 1. The zero-order chi connectivity index (χ0) is 12.4. The van der Waals surface area contributed by atoms with Crippen LogP contribution in [0, 0.1) is 5.41 Å². The summed E-state index contributed by atoms with van der Waals surface area (Å²) >= 11 is 0. The second-order valence-corrected chi connectivity index (χ2v) is 4.31. The zero-order valence-electron chi connectivity index (χ0n) is 10.3. The molecular formula is C11H19N5O. The van der Waals surface area contributed by atoms with Crippen molar-refractivity contribution in [3.05, 3.63) is 17.5 Å². The Hall–Kier alpha value is -1.56. The summed E-state index contributed by atoms with van der Waals surface area (Å²) in [4.78, 5) is 1.88. The number of guanidine groups is 1. The third-order valence-electron chi connectivity index (χ3n) is 2.98. The molecule has 1 unspecified atom stereocenters. The van der Waals surface area contributed by atoms with Crippen LogP contribution in [0.1, 0.15) is 25.2 Å². The van der Waals surface area contributed by atoms with Gasteiger partial charge in [0.25, 0.3) is 0 Å². The maximum Gasteiger partial charge on any atom is 0.189 e. The fraction of sp³-hybridized carbons (Fsp3) is 0.636. The van der Waals surface area contributed by atoms with Crippen LogP contribution in [0.5, 0.6) is 0 Å². The standard InChI is InChI=1S/C11H19N5O/c1-3-17-7-9-4-10-6-15(11(12)13)8(2)5-16(10)14-9/h4,8H,3,5-7H2,1-2H3,(H3,12,13). The SMILES string of the molecule is CCOCc1cc2n(n1)CC(C)N(C(=N)N)C2. The maximum absolute atomic E-state index is 7.53. The first-order valence-corrected chi connectivity index (χ1v) is 5.85. The average Bonchev–Trinajstić information content (AvgIpc) is 2.66. The van der Waals surface area contributed by atoms with Gasteiger partial charge in [0.1, 0.15) is 0 Å². The van der Waals surface area contributed by atoms with E-state index in [0.29, 0.717) is 19.8 Å². The number of aromatic nitrogens is 2. The van der Waals surface area contributed by atoms with Gasteiger partial charge in [-0.15, -0.1) is 0 Å². The summed E-state index contributed by atoms with van der Waals surface area (Å²) < 4.78 is 7.33. The maximum atomic E-state index is 7.53. The molecule has 0 amide bonds. The van der Waals surface area contributed by atoms with Gasteiger partial charge >= 0.3 is 0 Å². The summed E-state index contributed by atoms with van der Waals surface area (Å²) in [6.45, 7) is 6.67. The number of nitrogens with one attached hydrogen (secondary N) is 1. The van der Waals surface area contributed by atoms with Gasteiger partial charge in [0.05, 0.1) is 31.1 Å². The molecule has 0 bridgehead atoms. The van der Waals surface area contributed by atoms with E-state index in [1.165, 1.54) is 0 Å². The molecule has 0 fully saturated rings. The molecule has 3 N–H and O–H groups in total. The van der Waals surface area contributed by atoms with Crippen LogP contribution in [-0.2, 0) is 24.4 Å². The van der Waals surface area contributed by atoms with Gasteiger partial charge < -0.3 is 15.4 Å². The van der Waals surface area contributed by atoms with E-state index in [-0.39, 0.29) is 12.0 Å². The predicted molar refractivity (Wildman–Crippen MR) is 64.5 cm³/mol. The number of hydrogen-bond donors (Lipinski definition) is 2. The minimum atomic E-state index is 0.122. The van der Waals surface area contributed by atoms with Crippen LogP contribution in [0.2, 0.25) is 0 Å². The van der Waals surface area contributed by atoms with Crippen LogP contribution >= 0.6 is 0 Å². The molecule has 1 aromatic heterocycles. The highest BCUT2D eigenvalue weighted by Gasteiger charge is 2.25. The van der Waals surface area contributed by atoms with Gasteiger partial charge in [0.15, 0.2) is 5.96 Å². The first-order chi connectivity index (χ1) is 8.11. The largest absolute Gasteiger partial charge is 0.375 e. The molecule has 1 aliphatic heterocycles. The smallest absolute Gasteiger partial charge is 0.189 e. The Morgan fingerprint density at radius 3 is 3.12 bits per heavy atom. The second-order valence-electron chi connectivity index (χ2n) is 4.31. The molecule has 94 valence electrons. The molecule has 17 heavy (non-hydrogen) atoms. The Bertz CT molecular complexity index is 414. The van der Waals surface area contributed by atoms with Crippen LogP contribution in [-0.4, -0.2) is 33.3 Å². The fourth-order valence-corrected chi connectivity index (χ4v) is 2.08. The molecule has 6 nitrogen and oxygen atoms in total. The highest BCUT2D eigenvalue weighted by atomic mass is 16.5. The highest BCUT2D eigenvalue weighted by Crippen LogP contribution is 2.18. The van der Waals surface area contributed by atoms with E-state index in [1.54, 1.807) is 0 Å². The van der Waals surface area contributed by atoms with E-state index in [2.05, 4.69) is 5.10 Å². The van der Waals surface area contributed by atoms with Gasteiger partial charge in [0.2, 0.25) is 0 Å². The Balaban J connectivity index is 2.14. The molecule has 0 aromatic carbocycles. The highest BCUT2D eigenvalue weighted by molar-refractivity contribution is 5.75. The molecule has 2 heterocycles. The Morgan fingerprint density at radius 2 is 2.47 bits per heavy atom. The van der Waals surface area contributed by atoms with Crippen molar-refractivity contribution in [2.75, 3.05) is 6.61 Å². The zero-order valence-corrected chi connectivity index (χ0v) is 10.3. The van der Waals surface area contributed by atoms with Crippen molar-refractivity contribution in [1.82, 2.24) is 14.7 Å². The van der Waals surface area contributed by atoms with E-state index in [1.807, 2.05) is 29.5 Å². The Labute approximate surface area is 101 Å². The molecule has 1 aliphatic rings. The van der Waals surface area contributed by atoms with Gasteiger partial charge in [0, 0.05) is 12.6 Å². The fourth-order valence-electron chi connectivity index (χ4n) is 2.08. The van der Waals surface area contributed by atoms with E-state index in [0.717, 1.165) is 17.9 Å². The number of hydrogen-bond acceptors (Lipinski definition) is 3. The minimum absolute atomic E-state index is 0.122. The van der Waals surface area contributed by atoms with Gasteiger partial charge in [-0.05, 0) is 19.9 Å². The molecule has 0 saturated carbocycles. The van der Waals surface area contributed by atoms with Gasteiger partial charge in [-0.3, -0.25) is 10.1 Å². The molecule has 0 radical (unpaired) electrons. The topological polar surface area (TPSA) is 80.2 Å². The number of ether oxygens (including phenoxy) is 1. The molecule has 1 aromatic rings. The molecule has 0 aliphatic carbocycles. The Morgan fingerprint density at radius 1 is 1.71 bits per heavy atom. The first kappa shape index (κ1) is 11.9. The van der Waals surface area contributed by atoms with Gasteiger partial charge in [-0.2, -0.15) is 5.10 Å².